The number of benzene rings is 1. The Labute approximate surface area is 145 Å². The molecule has 5 nitrogen and oxygen atoms in total. The Morgan fingerprint density at radius 1 is 1.33 bits per heavy atom. The molecular weight excluding hydrogens is 304 g/mol. The standard InChI is InChI=1S/C19H30N2O3/c1-16(2)21(14-18-10-6-7-11-20(18)12-13-22)19(23)24-15-17-8-4-3-5-9-17/h3-5,8-9,16,18,22H,6-7,10-15H2,1-2H3/t18-/m1/s1. The lowest BCUT2D eigenvalue weighted by atomic mass is 10.0. The van der Waals surface area contributed by atoms with Crippen LogP contribution in [0, 0.1) is 0 Å². The van der Waals surface area contributed by atoms with Gasteiger partial charge in [-0.05, 0) is 38.8 Å². The zero-order valence-electron chi connectivity index (χ0n) is 14.9. The predicted molar refractivity (Wildman–Crippen MR) is 94.8 cm³/mol. The van der Waals surface area contributed by atoms with E-state index in [-0.39, 0.29) is 18.7 Å². The van der Waals surface area contributed by atoms with Crippen LogP contribution in [-0.4, -0.2) is 59.3 Å². The number of ether oxygens (including phenoxy) is 1. The molecule has 24 heavy (non-hydrogen) atoms. The van der Waals surface area contributed by atoms with E-state index in [9.17, 15) is 9.90 Å². The number of amides is 1. The highest BCUT2D eigenvalue weighted by Gasteiger charge is 2.28. The smallest absolute Gasteiger partial charge is 0.410 e. The minimum atomic E-state index is -0.261. The van der Waals surface area contributed by atoms with Crippen LogP contribution < -0.4 is 0 Å². The lowest BCUT2D eigenvalue weighted by Gasteiger charge is -2.39. The van der Waals surface area contributed by atoms with Crippen LogP contribution in [0.4, 0.5) is 4.79 Å². The number of β-amino-alcohol motifs (C(OH)–C–C–N with tert-alkyl or cyclic N) is 1. The maximum Gasteiger partial charge on any atom is 0.410 e. The van der Waals surface area contributed by atoms with Gasteiger partial charge in [-0.1, -0.05) is 36.8 Å². The van der Waals surface area contributed by atoms with E-state index in [4.69, 9.17) is 4.74 Å². The molecule has 0 aliphatic carbocycles. The number of rotatable bonds is 7. The van der Waals surface area contributed by atoms with Crippen LogP contribution >= 0.6 is 0 Å². The molecule has 0 spiro atoms. The van der Waals surface area contributed by atoms with Crippen LogP contribution in [0.15, 0.2) is 30.3 Å². The first kappa shape index (κ1) is 18.7. The van der Waals surface area contributed by atoms with Crippen LogP contribution in [0.3, 0.4) is 0 Å². The molecule has 1 heterocycles. The molecule has 1 saturated heterocycles. The van der Waals surface area contributed by atoms with E-state index in [0.717, 1.165) is 24.9 Å². The molecule has 1 fully saturated rings. The Kier molecular flexibility index (Phi) is 7.53. The van der Waals surface area contributed by atoms with Crippen molar-refractivity contribution < 1.29 is 14.6 Å². The molecule has 0 unspecified atom stereocenters. The highest BCUT2D eigenvalue weighted by Crippen LogP contribution is 2.19. The highest BCUT2D eigenvalue weighted by atomic mass is 16.6. The van der Waals surface area contributed by atoms with E-state index in [2.05, 4.69) is 4.90 Å². The number of carbonyl (C=O) groups is 1. The van der Waals surface area contributed by atoms with Crippen molar-refractivity contribution in [2.75, 3.05) is 26.2 Å². The third-order valence-electron chi connectivity index (χ3n) is 4.61. The van der Waals surface area contributed by atoms with Gasteiger partial charge >= 0.3 is 6.09 Å². The number of aliphatic hydroxyl groups is 1. The first-order valence-electron chi connectivity index (χ1n) is 8.94. The summed E-state index contributed by atoms with van der Waals surface area (Å²) in [6.45, 7) is 6.83. The van der Waals surface area contributed by atoms with E-state index in [0.29, 0.717) is 25.7 Å². The van der Waals surface area contributed by atoms with Gasteiger partial charge < -0.3 is 14.7 Å². The molecule has 0 saturated carbocycles. The Morgan fingerprint density at radius 3 is 2.75 bits per heavy atom. The van der Waals surface area contributed by atoms with Gasteiger partial charge in [0, 0.05) is 25.2 Å². The van der Waals surface area contributed by atoms with Gasteiger partial charge in [-0.25, -0.2) is 4.79 Å². The summed E-state index contributed by atoms with van der Waals surface area (Å²) in [6, 6.07) is 10.1. The average Bonchev–Trinajstić information content (AvgIpc) is 2.59. The molecule has 1 atom stereocenters. The minimum Gasteiger partial charge on any atom is -0.445 e. The molecule has 1 aromatic rings. The van der Waals surface area contributed by atoms with Crippen molar-refractivity contribution in [2.45, 2.75) is 51.8 Å². The van der Waals surface area contributed by atoms with E-state index in [1.807, 2.05) is 49.1 Å². The van der Waals surface area contributed by atoms with Crippen LogP contribution in [0.5, 0.6) is 0 Å². The molecule has 1 aromatic carbocycles. The monoisotopic (exact) mass is 334 g/mol. The summed E-state index contributed by atoms with van der Waals surface area (Å²) in [7, 11) is 0. The Hall–Kier alpha value is -1.59. The summed E-state index contributed by atoms with van der Waals surface area (Å²) < 4.78 is 5.51. The summed E-state index contributed by atoms with van der Waals surface area (Å²) >= 11 is 0. The van der Waals surface area contributed by atoms with E-state index < -0.39 is 0 Å². The molecule has 1 aliphatic rings. The fraction of sp³-hybridized carbons (Fsp3) is 0.632. The number of hydrogen-bond donors (Lipinski definition) is 1. The maximum absolute atomic E-state index is 12.5. The van der Waals surface area contributed by atoms with Crippen molar-refractivity contribution in [1.29, 1.82) is 0 Å². The molecule has 1 N–H and O–H groups in total. The summed E-state index contributed by atoms with van der Waals surface area (Å²) in [5.74, 6) is 0. The lowest BCUT2D eigenvalue weighted by Crippen LogP contribution is -2.51. The first-order valence-corrected chi connectivity index (χ1v) is 8.94. The van der Waals surface area contributed by atoms with Gasteiger partial charge in [0.2, 0.25) is 0 Å². The predicted octanol–water partition coefficient (Wildman–Crippen LogP) is 2.88. The zero-order valence-corrected chi connectivity index (χ0v) is 14.9. The first-order chi connectivity index (χ1) is 11.6. The fourth-order valence-electron chi connectivity index (χ4n) is 3.22. The van der Waals surface area contributed by atoms with Crippen molar-refractivity contribution in [2.24, 2.45) is 0 Å². The molecule has 134 valence electrons. The maximum atomic E-state index is 12.5. The zero-order chi connectivity index (χ0) is 17.4. The second kappa shape index (κ2) is 9.64. The number of hydrogen-bond acceptors (Lipinski definition) is 4. The van der Waals surface area contributed by atoms with Crippen molar-refractivity contribution in [3.63, 3.8) is 0 Å². The number of nitrogens with zero attached hydrogens (tertiary/aromatic N) is 2. The van der Waals surface area contributed by atoms with Crippen LogP contribution in [0.1, 0.15) is 38.7 Å². The summed E-state index contributed by atoms with van der Waals surface area (Å²) in [6.07, 6.45) is 3.15. The largest absolute Gasteiger partial charge is 0.445 e. The minimum absolute atomic E-state index is 0.0891. The number of likely N-dealkylation sites (tertiary alicyclic amines) is 1. The van der Waals surface area contributed by atoms with E-state index in [1.165, 1.54) is 6.42 Å². The SMILES string of the molecule is CC(C)N(C[C@H]1CCCCN1CCO)C(=O)OCc1ccccc1. The average molecular weight is 334 g/mol. The van der Waals surface area contributed by atoms with Gasteiger partial charge in [0.15, 0.2) is 0 Å². The fourth-order valence-corrected chi connectivity index (χ4v) is 3.22. The molecule has 0 bridgehead atoms. The van der Waals surface area contributed by atoms with Gasteiger partial charge in [-0.15, -0.1) is 0 Å². The molecule has 1 aliphatic heterocycles. The Balaban J connectivity index is 1.93. The quantitative estimate of drug-likeness (QED) is 0.833. The molecular formula is C19H30N2O3. The second-order valence-electron chi connectivity index (χ2n) is 6.70. The van der Waals surface area contributed by atoms with Crippen molar-refractivity contribution in [3.8, 4) is 0 Å². The van der Waals surface area contributed by atoms with Gasteiger partial charge in [0.25, 0.3) is 0 Å². The topological polar surface area (TPSA) is 53.0 Å². The third-order valence-corrected chi connectivity index (χ3v) is 4.61. The third kappa shape index (κ3) is 5.49. The Bertz CT molecular complexity index is 491. The van der Waals surface area contributed by atoms with Crippen LogP contribution in [0.2, 0.25) is 0 Å². The molecule has 0 aromatic heterocycles. The van der Waals surface area contributed by atoms with Crippen LogP contribution in [-0.2, 0) is 11.3 Å². The van der Waals surface area contributed by atoms with Crippen molar-refractivity contribution >= 4 is 6.09 Å². The van der Waals surface area contributed by atoms with E-state index >= 15 is 0 Å². The van der Waals surface area contributed by atoms with Gasteiger partial charge in [-0.2, -0.15) is 0 Å². The molecule has 1 amide bonds. The van der Waals surface area contributed by atoms with Gasteiger partial charge in [0.1, 0.15) is 6.61 Å². The highest BCUT2D eigenvalue weighted by molar-refractivity contribution is 5.68. The molecule has 2 rings (SSSR count). The summed E-state index contributed by atoms with van der Waals surface area (Å²) in [4.78, 5) is 16.6. The van der Waals surface area contributed by atoms with Gasteiger partial charge in [-0.3, -0.25) is 4.90 Å². The lowest BCUT2D eigenvalue weighted by molar-refractivity contribution is 0.0526. The van der Waals surface area contributed by atoms with E-state index in [1.54, 1.807) is 0 Å². The normalized spacial score (nSPS) is 18.6. The number of carbonyl (C=O) groups excluding carboxylic acids is 1. The summed E-state index contributed by atoms with van der Waals surface area (Å²) in [5, 5.41) is 9.25. The van der Waals surface area contributed by atoms with Crippen LogP contribution in [0.25, 0.3) is 0 Å². The Morgan fingerprint density at radius 2 is 2.08 bits per heavy atom. The number of aliphatic hydroxyl groups excluding tert-OH is 1. The summed E-state index contributed by atoms with van der Waals surface area (Å²) in [5.41, 5.74) is 0.995. The van der Waals surface area contributed by atoms with Gasteiger partial charge in [0.05, 0.1) is 6.61 Å². The number of piperidine rings is 1. The molecule has 0 radical (unpaired) electrons. The van der Waals surface area contributed by atoms with Crippen molar-refractivity contribution in [1.82, 2.24) is 9.80 Å². The second-order valence-corrected chi connectivity index (χ2v) is 6.70. The van der Waals surface area contributed by atoms with Crippen molar-refractivity contribution in [3.05, 3.63) is 35.9 Å². The molecule has 5 heteroatoms.